The van der Waals surface area contributed by atoms with Gasteiger partial charge in [-0.25, -0.2) is 4.79 Å². The Hall–Kier alpha value is -3.88. The fraction of sp³-hybridized carbons (Fsp3) is 0.158. The van der Waals surface area contributed by atoms with Gasteiger partial charge in [0.15, 0.2) is 0 Å². The first-order valence-corrected chi connectivity index (χ1v) is 8.49. The van der Waals surface area contributed by atoms with Gasteiger partial charge < -0.3 is 15.3 Å². The number of nitrogens with one attached hydrogen (secondary N) is 1. The Morgan fingerprint density at radius 3 is 2.36 bits per heavy atom. The lowest BCUT2D eigenvalue weighted by atomic mass is 9.95. The molecule has 0 fully saturated rings. The van der Waals surface area contributed by atoms with Crippen LogP contribution >= 0.6 is 0 Å². The molecule has 0 spiro atoms. The average molecular weight is 380 g/mol. The molecule has 9 nitrogen and oxygen atoms in total. The first kappa shape index (κ1) is 17.5. The van der Waals surface area contributed by atoms with Crippen molar-refractivity contribution in [1.82, 2.24) is 10.2 Å². The van der Waals surface area contributed by atoms with Gasteiger partial charge in [-0.1, -0.05) is 12.1 Å². The maximum Gasteiger partial charge on any atom is 0.322 e. The number of carbonyl (C=O) groups is 2. The number of anilines is 1. The summed E-state index contributed by atoms with van der Waals surface area (Å²) < 4.78 is 0. The summed E-state index contributed by atoms with van der Waals surface area (Å²) in [5, 5.41) is 23.2. The molecule has 0 aromatic heterocycles. The largest absolute Gasteiger partial charge is 0.508 e. The van der Waals surface area contributed by atoms with E-state index in [1.165, 1.54) is 46.2 Å². The van der Waals surface area contributed by atoms with E-state index >= 15 is 0 Å². The third-order valence-corrected chi connectivity index (χ3v) is 4.96. The van der Waals surface area contributed by atoms with E-state index in [1.807, 2.05) is 0 Å². The van der Waals surface area contributed by atoms with E-state index in [9.17, 15) is 24.8 Å². The Morgan fingerprint density at radius 1 is 1.11 bits per heavy atom. The summed E-state index contributed by atoms with van der Waals surface area (Å²) in [6.07, 6.45) is 0. The predicted molar refractivity (Wildman–Crippen MR) is 99.6 cm³/mol. The second kappa shape index (κ2) is 6.38. The summed E-state index contributed by atoms with van der Waals surface area (Å²) >= 11 is 0. The van der Waals surface area contributed by atoms with Crippen molar-refractivity contribution in [2.45, 2.75) is 6.04 Å². The Kier molecular flexibility index (Phi) is 3.99. The Balaban J connectivity index is 1.71. The molecule has 142 valence electrons. The molecular formula is C19H16N4O5. The molecule has 1 unspecified atom stereocenters. The first-order chi connectivity index (χ1) is 13.4. The Bertz CT molecular complexity index is 1010. The maximum absolute atomic E-state index is 13.2. The molecule has 28 heavy (non-hydrogen) atoms. The SMILES string of the molecule is CN1C(=O)NC(c2ccc(O)cc2)C2=C1CN(c1ccc([N+](=O)[O-])cc1)C2=O. The van der Waals surface area contributed by atoms with Crippen LogP contribution in [0.2, 0.25) is 0 Å². The number of nitro benzene ring substituents is 1. The number of nitrogens with zero attached hydrogens (tertiary/aromatic N) is 3. The predicted octanol–water partition coefficient (Wildman–Crippen LogP) is 2.30. The summed E-state index contributed by atoms with van der Waals surface area (Å²) in [7, 11) is 1.59. The number of non-ortho nitro benzene ring substituents is 1. The van der Waals surface area contributed by atoms with Crippen molar-refractivity contribution in [2.75, 3.05) is 18.5 Å². The summed E-state index contributed by atoms with van der Waals surface area (Å²) in [4.78, 5) is 38.8. The van der Waals surface area contributed by atoms with Crippen molar-refractivity contribution in [3.8, 4) is 5.75 Å². The molecule has 0 saturated heterocycles. The number of hydrogen-bond donors (Lipinski definition) is 2. The van der Waals surface area contributed by atoms with Crippen molar-refractivity contribution in [3.63, 3.8) is 0 Å². The normalized spacial score (nSPS) is 19.0. The minimum atomic E-state index is -0.644. The van der Waals surface area contributed by atoms with Crippen LogP contribution in [0.15, 0.2) is 59.8 Å². The molecule has 1 atom stereocenters. The number of carbonyl (C=O) groups excluding carboxylic acids is 2. The van der Waals surface area contributed by atoms with Crippen molar-refractivity contribution < 1.29 is 19.6 Å². The molecular weight excluding hydrogens is 364 g/mol. The minimum Gasteiger partial charge on any atom is -0.508 e. The van der Waals surface area contributed by atoms with Gasteiger partial charge in [-0.2, -0.15) is 0 Å². The fourth-order valence-corrected chi connectivity index (χ4v) is 3.45. The molecule has 2 heterocycles. The third-order valence-electron chi connectivity index (χ3n) is 4.96. The maximum atomic E-state index is 13.2. The van der Waals surface area contributed by atoms with Crippen LogP contribution in [0.3, 0.4) is 0 Å². The molecule has 0 saturated carbocycles. The zero-order valence-corrected chi connectivity index (χ0v) is 14.8. The summed E-state index contributed by atoms with van der Waals surface area (Å²) in [5.74, 6) is -0.198. The highest BCUT2D eigenvalue weighted by Crippen LogP contribution is 2.38. The number of phenols is 1. The number of urea groups is 1. The monoisotopic (exact) mass is 380 g/mol. The molecule has 4 rings (SSSR count). The van der Waals surface area contributed by atoms with Crippen molar-refractivity contribution in [2.24, 2.45) is 0 Å². The Morgan fingerprint density at radius 2 is 1.75 bits per heavy atom. The van der Waals surface area contributed by atoms with Crippen LogP contribution in [0.4, 0.5) is 16.2 Å². The molecule has 3 amide bonds. The quantitative estimate of drug-likeness (QED) is 0.626. The van der Waals surface area contributed by atoms with E-state index in [1.54, 1.807) is 19.2 Å². The lowest BCUT2D eigenvalue weighted by Gasteiger charge is -2.31. The highest BCUT2D eigenvalue weighted by Gasteiger charge is 2.43. The third kappa shape index (κ3) is 2.73. The molecule has 2 aromatic carbocycles. The van der Waals surface area contributed by atoms with Crippen LogP contribution in [0.5, 0.6) is 5.75 Å². The van der Waals surface area contributed by atoms with Crippen LogP contribution in [0.1, 0.15) is 11.6 Å². The number of likely N-dealkylation sites (N-methyl/N-ethyl adjacent to an activating group) is 1. The molecule has 9 heteroatoms. The molecule has 0 aliphatic carbocycles. The number of hydrogen-bond acceptors (Lipinski definition) is 5. The Labute approximate surface area is 159 Å². The van der Waals surface area contributed by atoms with Crippen LogP contribution in [-0.4, -0.2) is 40.5 Å². The number of aromatic hydroxyl groups is 1. The molecule has 2 aliphatic rings. The summed E-state index contributed by atoms with van der Waals surface area (Å²) in [5.41, 5.74) is 2.13. The highest BCUT2D eigenvalue weighted by atomic mass is 16.6. The fourth-order valence-electron chi connectivity index (χ4n) is 3.45. The topological polar surface area (TPSA) is 116 Å². The number of amides is 3. The van der Waals surface area contributed by atoms with Gasteiger partial charge >= 0.3 is 6.03 Å². The van der Waals surface area contributed by atoms with E-state index in [-0.39, 0.29) is 29.9 Å². The van der Waals surface area contributed by atoms with Crippen molar-refractivity contribution >= 4 is 23.3 Å². The van der Waals surface area contributed by atoms with Crippen LogP contribution < -0.4 is 10.2 Å². The number of rotatable bonds is 3. The van der Waals surface area contributed by atoms with Gasteiger partial charge in [-0.05, 0) is 29.8 Å². The average Bonchev–Trinajstić information content (AvgIpc) is 3.03. The van der Waals surface area contributed by atoms with E-state index in [0.29, 0.717) is 22.5 Å². The zero-order chi connectivity index (χ0) is 20.0. The summed E-state index contributed by atoms with van der Waals surface area (Å²) in [6.45, 7) is 0.185. The van der Waals surface area contributed by atoms with E-state index in [0.717, 1.165) is 0 Å². The lowest BCUT2D eigenvalue weighted by molar-refractivity contribution is -0.384. The molecule has 0 radical (unpaired) electrons. The van der Waals surface area contributed by atoms with Gasteiger partial charge in [0.1, 0.15) is 5.75 Å². The molecule has 2 aliphatic heterocycles. The van der Waals surface area contributed by atoms with E-state index < -0.39 is 11.0 Å². The second-order valence-electron chi connectivity index (χ2n) is 6.56. The van der Waals surface area contributed by atoms with Gasteiger partial charge in [-0.15, -0.1) is 0 Å². The van der Waals surface area contributed by atoms with E-state index in [4.69, 9.17) is 0 Å². The van der Waals surface area contributed by atoms with Gasteiger partial charge in [0.2, 0.25) is 0 Å². The second-order valence-corrected chi connectivity index (χ2v) is 6.56. The number of nitro groups is 1. The van der Waals surface area contributed by atoms with Crippen molar-refractivity contribution in [3.05, 3.63) is 75.5 Å². The van der Waals surface area contributed by atoms with Crippen LogP contribution in [0, 0.1) is 10.1 Å². The van der Waals surface area contributed by atoms with E-state index in [2.05, 4.69) is 5.32 Å². The first-order valence-electron chi connectivity index (χ1n) is 8.49. The summed E-state index contributed by atoms with van der Waals surface area (Å²) in [6, 6.07) is 11.0. The highest BCUT2D eigenvalue weighted by molar-refractivity contribution is 6.11. The minimum absolute atomic E-state index is 0.0657. The standard InChI is InChI=1S/C19H16N4O5/c1-21-15-10-22(12-4-6-13(7-5-12)23(27)28)18(25)16(15)17(20-19(21)26)11-2-8-14(24)9-3-11/h2-9,17,24H,10H2,1H3,(H,20,26). The molecule has 2 N–H and O–H groups in total. The smallest absolute Gasteiger partial charge is 0.322 e. The number of benzene rings is 2. The molecule has 0 bridgehead atoms. The van der Waals surface area contributed by atoms with Gasteiger partial charge in [0.05, 0.1) is 28.8 Å². The van der Waals surface area contributed by atoms with Crippen molar-refractivity contribution in [1.29, 1.82) is 0 Å². The lowest BCUT2D eigenvalue weighted by Crippen LogP contribution is -2.45. The van der Waals surface area contributed by atoms with Gasteiger partial charge in [0.25, 0.3) is 11.6 Å². The van der Waals surface area contributed by atoms with Gasteiger partial charge in [-0.3, -0.25) is 19.8 Å². The zero-order valence-electron chi connectivity index (χ0n) is 14.8. The number of phenolic OH excluding ortho intramolecular Hbond substituents is 1. The molecule has 2 aromatic rings. The van der Waals surface area contributed by atoms with Crippen LogP contribution in [0.25, 0.3) is 0 Å². The van der Waals surface area contributed by atoms with Gasteiger partial charge in [0, 0.05) is 24.9 Å². The van der Waals surface area contributed by atoms with Crippen LogP contribution in [-0.2, 0) is 4.79 Å².